The summed E-state index contributed by atoms with van der Waals surface area (Å²) in [7, 11) is -1.85. The lowest BCUT2D eigenvalue weighted by Crippen LogP contribution is -2.15. The van der Waals surface area contributed by atoms with E-state index in [-0.39, 0.29) is 5.75 Å². The predicted molar refractivity (Wildman–Crippen MR) is 103 cm³/mol. The Morgan fingerprint density at radius 1 is 1.08 bits per heavy atom. The van der Waals surface area contributed by atoms with Gasteiger partial charge < -0.3 is 8.75 Å². The second-order valence-corrected chi connectivity index (χ2v) is 8.51. The van der Waals surface area contributed by atoms with Crippen molar-refractivity contribution in [2.24, 2.45) is 7.05 Å². The summed E-state index contributed by atoms with van der Waals surface area (Å²) in [5, 5.41) is 9.46. The molecule has 0 aliphatic carbocycles. The Morgan fingerprint density at radius 2 is 1.77 bits per heavy atom. The zero-order valence-corrected chi connectivity index (χ0v) is 16.3. The van der Waals surface area contributed by atoms with Gasteiger partial charge in [-0.3, -0.25) is 0 Å². The van der Waals surface area contributed by atoms with E-state index in [4.69, 9.17) is 15.8 Å². The summed E-state index contributed by atoms with van der Waals surface area (Å²) < 4.78 is 30.9. The topological polar surface area (TPSA) is 74.1 Å². The van der Waals surface area contributed by atoms with E-state index in [0.717, 1.165) is 5.56 Å². The molecule has 9 heteroatoms. The maximum atomic E-state index is 12.1. The minimum Gasteiger partial charge on any atom is -0.382 e. The van der Waals surface area contributed by atoms with E-state index in [1.54, 1.807) is 41.0 Å². The van der Waals surface area contributed by atoms with Crippen molar-refractivity contribution in [2.75, 3.05) is 11.5 Å². The lowest BCUT2D eigenvalue weighted by molar-refractivity contribution is 0.488. The molecule has 0 saturated carbocycles. The summed E-state index contributed by atoms with van der Waals surface area (Å²) in [6.45, 7) is 0. The number of thioether (sulfide) groups is 1. The van der Waals surface area contributed by atoms with Gasteiger partial charge in [0.2, 0.25) is 0 Å². The van der Waals surface area contributed by atoms with Gasteiger partial charge in [-0.15, -0.1) is 10.2 Å². The second kappa shape index (κ2) is 8.11. The fourth-order valence-corrected chi connectivity index (χ4v) is 4.64. The summed E-state index contributed by atoms with van der Waals surface area (Å²) in [4.78, 5) is 0. The molecule has 0 N–H and O–H groups in total. The lowest BCUT2D eigenvalue weighted by Gasteiger charge is -2.07. The SMILES string of the molecule is Cn1c(SCCS(=O)(=O)Oc2ccccc2)nnc1-c1ccccc1Cl. The van der Waals surface area contributed by atoms with Gasteiger partial charge in [-0.2, -0.15) is 8.42 Å². The van der Waals surface area contributed by atoms with E-state index in [0.29, 0.717) is 27.5 Å². The number of rotatable bonds is 7. The number of hydrogen-bond acceptors (Lipinski definition) is 6. The fourth-order valence-electron chi connectivity index (χ4n) is 2.22. The highest BCUT2D eigenvalue weighted by Crippen LogP contribution is 2.28. The molecular formula is C17H16ClN3O3S2. The first kappa shape index (κ1) is 18.8. The first-order chi connectivity index (χ1) is 12.5. The van der Waals surface area contributed by atoms with Crippen LogP contribution in [0.3, 0.4) is 0 Å². The van der Waals surface area contributed by atoms with Crippen molar-refractivity contribution in [2.45, 2.75) is 5.16 Å². The van der Waals surface area contributed by atoms with E-state index in [1.165, 1.54) is 11.8 Å². The third kappa shape index (κ3) is 4.57. The van der Waals surface area contributed by atoms with E-state index in [1.807, 2.05) is 25.2 Å². The monoisotopic (exact) mass is 409 g/mol. The van der Waals surface area contributed by atoms with E-state index in [2.05, 4.69) is 10.2 Å². The second-order valence-electron chi connectivity index (χ2n) is 5.35. The Bertz CT molecular complexity index is 991. The van der Waals surface area contributed by atoms with Crippen LogP contribution < -0.4 is 4.18 Å². The van der Waals surface area contributed by atoms with Crippen LogP contribution in [0.4, 0.5) is 0 Å². The third-order valence-corrected chi connectivity index (χ3v) is 6.24. The van der Waals surface area contributed by atoms with Crippen LogP contribution in [0.2, 0.25) is 5.02 Å². The molecule has 0 amide bonds. The number of hydrogen-bond donors (Lipinski definition) is 0. The molecule has 0 fully saturated rings. The number of benzene rings is 2. The van der Waals surface area contributed by atoms with Crippen molar-refractivity contribution >= 4 is 33.5 Å². The molecule has 0 bridgehead atoms. The quantitative estimate of drug-likeness (QED) is 0.438. The van der Waals surface area contributed by atoms with Crippen molar-refractivity contribution in [1.82, 2.24) is 14.8 Å². The molecule has 1 heterocycles. The fraction of sp³-hybridized carbons (Fsp3) is 0.176. The number of nitrogens with zero attached hydrogens (tertiary/aromatic N) is 3. The Morgan fingerprint density at radius 3 is 2.50 bits per heavy atom. The minimum absolute atomic E-state index is 0.138. The molecule has 136 valence electrons. The maximum Gasteiger partial charge on any atom is 0.310 e. The standard InChI is InChI=1S/C17H16ClN3O3S2/c1-21-16(14-9-5-6-10-15(14)18)19-20-17(21)25-11-12-26(22,23)24-13-7-3-2-4-8-13/h2-10H,11-12H2,1H3. The van der Waals surface area contributed by atoms with Crippen molar-refractivity contribution in [1.29, 1.82) is 0 Å². The number of halogens is 1. The van der Waals surface area contributed by atoms with Crippen LogP contribution in [0.25, 0.3) is 11.4 Å². The van der Waals surface area contributed by atoms with Crippen molar-refractivity contribution in [3.63, 3.8) is 0 Å². The van der Waals surface area contributed by atoms with Crippen LogP contribution in [-0.4, -0.2) is 34.7 Å². The largest absolute Gasteiger partial charge is 0.382 e. The molecule has 0 aliphatic heterocycles. The molecule has 0 unspecified atom stereocenters. The Kier molecular flexibility index (Phi) is 5.85. The van der Waals surface area contributed by atoms with Crippen LogP contribution in [0, 0.1) is 0 Å². The molecule has 6 nitrogen and oxygen atoms in total. The van der Waals surface area contributed by atoms with Crippen molar-refractivity contribution in [3.8, 4) is 17.1 Å². The van der Waals surface area contributed by atoms with Crippen LogP contribution in [0.5, 0.6) is 5.75 Å². The molecule has 0 saturated heterocycles. The number of aromatic nitrogens is 3. The average Bonchev–Trinajstić information content (AvgIpc) is 2.96. The summed E-state index contributed by atoms with van der Waals surface area (Å²) in [5.74, 6) is 1.09. The van der Waals surface area contributed by atoms with Gasteiger partial charge in [-0.25, -0.2) is 0 Å². The highest BCUT2D eigenvalue weighted by Gasteiger charge is 2.16. The molecular weight excluding hydrogens is 394 g/mol. The highest BCUT2D eigenvalue weighted by molar-refractivity contribution is 8.00. The molecule has 0 atom stereocenters. The van der Waals surface area contributed by atoms with Gasteiger partial charge in [0.05, 0.1) is 10.8 Å². The Hall–Kier alpha value is -2.03. The molecule has 0 aliphatic rings. The van der Waals surface area contributed by atoms with Gasteiger partial charge >= 0.3 is 10.1 Å². The van der Waals surface area contributed by atoms with Gasteiger partial charge in [0, 0.05) is 18.4 Å². The summed E-state index contributed by atoms with van der Waals surface area (Å²) in [6, 6.07) is 15.8. The normalized spacial score (nSPS) is 11.5. The van der Waals surface area contributed by atoms with Crippen LogP contribution in [-0.2, 0) is 17.2 Å². The molecule has 0 radical (unpaired) electrons. The predicted octanol–water partition coefficient (Wildman–Crippen LogP) is 3.64. The lowest BCUT2D eigenvalue weighted by atomic mass is 10.2. The first-order valence-corrected chi connectivity index (χ1v) is 10.6. The highest BCUT2D eigenvalue weighted by atomic mass is 35.5. The maximum absolute atomic E-state index is 12.1. The van der Waals surface area contributed by atoms with Crippen LogP contribution >= 0.6 is 23.4 Å². The van der Waals surface area contributed by atoms with E-state index < -0.39 is 10.1 Å². The van der Waals surface area contributed by atoms with E-state index >= 15 is 0 Å². The Balaban J connectivity index is 1.63. The average molecular weight is 410 g/mol. The summed E-state index contributed by atoms with van der Waals surface area (Å²) >= 11 is 7.49. The summed E-state index contributed by atoms with van der Waals surface area (Å²) in [6.07, 6.45) is 0. The molecule has 2 aromatic carbocycles. The summed E-state index contributed by atoms with van der Waals surface area (Å²) in [5.41, 5.74) is 0.774. The van der Waals surface area contributed by atoms with Crippen molar-refractivity contribution in [3.05, 3.63) is 59.6 Å². The zero-order valence-electron chi connectivity index (χ0n) is 13.9. The molecule has 0 spiro atoms. The van der Waals surface area contributed by atoms with Crippen molar-refractivity contribution < 1.29 is 12.6 Å². The molecule has 3 rings (SSSR count). The van der Waals surface area contributed by atoms with Crippen LogP contribution in [0.1, 0.15) is 0 Å². The minimum atomic E-state index is -3.67. The van der Waals surface area contributed by atoms with Gasteiger partial charge in [0.25, 0.3) is 0 Å². The zero-order chi connectivity index (χ0) is 18.6. The number of para-hydroxylation sites is 1. The smallest absolute Gasteiger partial charge is 0.310 e. The first-order valence-electron chi connectivity index (χ1n) is 7.70. The molecule has 3 aromatic rings. The molecule has 1 aromatic heterocycles. The van der Waals surface area contributed by atoms with Crippen LogP contribution in [0.15, 0.2) is 59.8 Å². The van der Waals surface area contributed by atoms with Gasteiger partial charge in [-0.05, 0) is 24.3 Å². The van der Waals surface area contributed by atoms with Gasteiger partial charge in [0.1, 0.15) is 5.75 Å². The van der Waals surface area contributed by atoms with Gasteiger partial charge in [0.15, 0.2) is 11.0 Å². The Labute approximate surface area is 161 Å². The molecule has 26 heavy (non-hydrogen) atoms. The van der Waals surface area contributed by atoms with Gasteiger partial charge in [-0.1, -0.05) is 53.7 Å². The van der Waals surface area contributed by atoms with E-state index in [9.17, 15) is 8.42 Å². The third-order valence-electron chi connectivity index (χ3n) is 3.48.